The number of aromatic amines is 1. The lowest BCUT2D eigenvalue weighted by atomic mass is 10.3. The Morgan fingerprint density at radius 1 is 1.27 bits per heavy atom. The minimum Gasteiger partial charge on any atom is -0.465 e. The predicted molar refractivity (Wildman–Crippen MR) is 102 cm³/mol. The second-order valence-electron chi connectivity index (χ2n) is 5.28. The quantitative estimate of drug-likeness (QED) is 0.398. The van der Waals surface area contributed by atoms with Crippen LogP contribution in [-0.4, -0.2) is 37.7 Å². The molecule has 3 rings (SSSR count). The minimum atomic E-state index is -1.12. The zero-order chi connectivity index (χ0) is 18.4. The van der Waals surface area contributed by atoms with Crippen LogP contribution < -0.4 is 16.0 Å². The molecule has 0 aliphatic carbocycles. The molecular weight excluding hydrogens is 402 g/mol. The van der Waals surface area contributed by atoms with Crippen molar-refractivity contribution in [3.8, 4) is 0 Å². The van der Waals surface area contributed by atoms with Crippen LogP contribution >= 0.6 is 15.9 Å². The SMILES string of the molecule is O=C(O)Nc1cccc(Nc2ncc(Br)c(NCCc3cnc[nH]3)n2)c1. The lowest BCUT2D eigenvalue weighted by molar-refractivity contribution is 0.210. The van der Waals surface area contributed by atoms with Crippen molar-refractivity contribution in [3.05, 3.63) is 53.2 Å². The Balaban J connectivity index is 1.66. The summed E-state index contributed by atoms with van der Waals surface area (Å²) < 4.78 is 0.744. The summed E-state index contributed by atoms with van der Waals surface area (Å²) in [7, 11) is 0. The first-order valence-electron chi connectivity index (χ1n) is 7.71. The van der Waals surface area contributed by atoms with Gasteiger partial charge in [-0.15, -0.1) is 0 Å². The van der Waals surface area contributed by atoms with Gasteiger partial charge in [-0.25, -0.2) is 14.8 Å². The first kappa shape index (κ1) is 17.7. The highest BCUT2D eigenvalue weighted by Crippen LogP contribution is 2.23. The predicted octanol–water partition coefficient (Wildman–Crippen LogP) is 3.45. The van der Waals surface area contributed by atoms with Gasteiger partial charge in [0.2, 0.25) is 5.95 Å². The van der Waals surface area contributed by atoms with E-state index in [0.29, 0.717) is 29.7 Å². The van der Waals surface area contributed by atoms with Crippen LogP contribution in [0.4, 0.5) is 27.9 Å². The van der Waals surface area contributed by atoms with Gasteiger partial charge in [0.25, 0.3) is 0 Å². The van der Waals surface area contributed by atoms with Crippen molar-refractivity contribution in [2.24, 2.45) is 0 Å². The number of imidazole rings is 1. The summed E-state index contributed by atoms with van der Waals surface area (Å²) in [6.07, 6.45) is 4.73. The molecule has 1 aromatic carbocycles. The number of benzene rings is 1. The van der Waals surface area contributed by atoms with E-state index >= 15 is 0 Å². The van der Waals surface area contributed by atoms with Gasteiger partial charge in [-0.05, 0) is 34.1 Å². The molecule has 1 amide bonds. The summed E-state index contributed by atoms with van der Waals surface area (Å²) in [5, 5.41) is 17.4. The zero-order valence-corrected chi connectivity index (χ0v) is 15.1. The minimum absolute atomic E-state index is 0.393. The van der Waals surface area contributed by atoms with Crippen LogP contribution in [0.3, 0.4) is 0 Å². The van der Waals surface area contributed by atoms with Crippen LogP contribution in [0, 0.1) is 0 Å². The number of hydrogen-bond acceptors (Lipinski definition) is 6. The number of nitrogens with zero attached hydrogens (tertiary/aromatic N) is 3. The number of H-pyrrole nitrogens is 1. The monoisotopic (exact) mass is 417 g/mol. The van der Waals surface area contributed by atoms with Gasteiger partial charge in [-0.3, -0.25) is 5.32 Å². The number of carboxylic acid groups (broad SMARTS) is 1. The van der Waals surface area contributed by atoms with Crippen molar-refractivity contribution in [1.29, 1.82) is 0 Å². The van der Waals surface area contributed by atoms with E-state index in [2.05, 4.69) is 51.8 Å². The highest BCUT2D eigenvalue weighted by molar-refractivity contribution is 9.10. The zero-order valence-electron chi connectivity index (χ0n) is 13.5. The lowest BCUT2D eigenvalue weighted by Crippen LogP contribution is -2.09. The summed E-state index contributed by atoms with van der Waals surface area (Å²) in [6, 6.07) is 6.84. The third-order valence-corrected chi connectivity index (χ3v) is 3.94. The topological polar surface area (TPSA) is 128 Å². The maximum atomic E-state index is 10.7. The van der Waals surface area contributed by atoms with Gasteiger partial charge in [-0.2, -0.15) is 4.98 Å². The van der Waals surface area contributed by atoms with E-state index < -0.39 is 6.09 Å². The standard InChI is InChI=1S/C16H16BrN7O2/c17-13-8-20-15(22-10-2-1-3-11(6-10)23-16(25)26)24-14(13)19-5-4-12-7-18-9-21-12/h1-3,6-9,23H,4-5H2,(H,18,21)(H,25,26)(H2,19,20,22,24). The number of carbonyl (C=O) groups is 1. The van der Waals surface area contributed by atoms with Crippen molar-refractivity contribution >= 4 is 45.2 Å². The number of nitrogens with one attached hydrogen (secondary N) is 4. The number of hydrogen-bond donors (Lipinski definition) is 5. The van der Waals surface area contributed by atoms with E-state index in [0.717, 1.165) is 16.6 Å². The van der Waals surface area contributed by atoms with Crippen LogP contribution in [0.1, 0.15) is 5.69 Å². The molecule has 5 N–H and O–H groups in total. The van der Waals surface area contributed by atoms with E-state index in [1.807, 2.05) is 0 Å². The summed E-state index contributed by atoms with van der Waals surface area (Å²) in [5.41, 5.74) is 2.16. The summed E-state index contributed by atoms with van der Waals surface area (Å²) in [4.78, 5) is 26.4. The largest absolute Gasteiger partial charge is 0.465 e. The molecule has 0 unspecified atom stereocenters. The summed E-state index contributed by atoms with van der Waals surface area (Å²) in [5.74, 6) is 1.05. The molecule has 10 heteroatoms. The highest BCUT2D eigenvalue weighted by Gasteiger charge is 2.06. The molecule has 2 heterocycles. The molecule has 0 radical (unpaired) electrons. The van der Waals surface area contributed by atoms with Gasteiger partial charge < -0.3 is 20.7 Å². The van der Waals surface area contributed by atoms with Gasteiger partial charge in [0.15, 0.2) is 0 Å². The van der Waals surface area contributed by atoms with Crippen molar-refractivity contribution in [2.75, 3.05) is 22.5 Å². The first-order chi connectivity index (χ1) is 12.6. The van der Waals surface area contributed by atoms with E-state index in [-0.39, 0.29) is 0 Å². The van der Waals surface area contributed by atoms with Gasteiger partial charge in [0.1, 0.15) is 5.82 Å². The van der Waals surface area contributed by atoms with Crippen molar-refractivity contribution in [2.45, 2.75) is 6.42 Å². The number of amides is 1. The average molecular weight is 418 g/mol. The fourth-order valence-electron chi connectivity index (χ4n) is 2.22. The molecule has 2 aromatic heterocycles. The second kappa shape index (κ2) is 8.30. The van der Waals surface area contributed by atoms with Crippen molar-refractivity contribution < 1.29 is 9.90 Å². The molecule has 0 saturated carbocycles. The second-order valence-corrected chi connectivity index (χ2v) is 6.13. The van der Waals surface area contributed by atoms with E-state index in [4.69, 9.17) is 5.11 Å². The van der Waals surface area contributed by atoms with E-state index in [1.165, 1.54) is 0 Å². The summed E-state index contributed by atoms with van der Waals surface area (Å²) >= 11 is 3.42. The first-order valence-corrected chi connectivity index (χ1v) is 8.50. The van der Waals surface area contributed by atoms with Crippen LogP contribution in [0.25, 0.3) is 0 Å². The van der Waals surface area contributed by atoms with Crippen LogP contribution in [0.2, 0.25) is 0 Å². The molecule has 0 aliphatic rings. The highest BCUT2D eigenvalue weighted by atomic mass is 79.9. The van der Waals surface area contributed by atoms with Gasteiger partial charge in [0.05, 0.1) is 10.8 Å². The molecule has 0 bridgehead atoms. The van der Waals surface area contributed by atoms with Crippen LogP contribution in [0.15, 0.2) is 47.5 Å². The fraction of sp³-hybridized carbons (Fsp3) is 0.125. The molecule has 0 saturated heterocycles. The van der Waals surface area contributed by atoms with Gasteiger partial charge >= 0.3 is 6.09 Å². The molecule has 134 valence electrons. The third-order valence-electron chi connectivity index (χ3n) is 3.36. The number of aromatic nitrogens is 4. The maximum absolute atomic E-state index is 10.7. The Bertz CT molecular complexity index is 886. The van der Waals surface area contributed by atoms with Crippen LogP contribution in [-0.2, 0) is 6.42 Å². The molecule has 0 atom stereocenters. The molecule has 0 spiro atoms. The van der Waals surface area contributed by atoms with Gasteiger partial charge in [-0.1, -0.05) is 6.07 Å². The van der Waals surface area contributed by atoms with E-state index in [9.17, 15) is 4.79 Å². The van der Waals surface area contributed by atoms with Crippen LogP contribution in [0.5, 0.6) is 0 Å². The Morgan fingerprint density at radius 3 is 2.88 bits per heavy atom. The lowest BCUT2D eigenvalue weighted by Gasteiger charge is -2.10. The Labute approximate surface area is 157 Å². The van der Waals surface area contributed by atoms with Crippen molar-refractivity contribution in [1.82, 2.24) is 19.9 Å². The van der Waals surface area contributed by atoms with Gasteiger partial charge in [0, 0.05) is 42.4 Å². The molecule has 26 heavy (non-hydrogen) atoms. The number of anilines is 4. The smallest absolute Gasteiger partial charge is 0.409 e. The van der Waals surface area contributed by atoms with E-state index in [1.54, 1.807) is 43.0 Å². The maximum Gasteiger partial charge on any atom is 0.409 e. The Hall–Kier alpha value is -3.14. The average Bonchev–Trinajstić information content (AvgIpc) is 3.11. The molecule has 9 nitrogen and oxygen atoms in total. The summed E-state index contributed by atoms with van der Waals surface area (Å²) in [6.45, 7) is 0.676. The fourth-order valence-corrected chi connectivity index (χ4v) is 2.55. The normalized spacial score (nSPS) is 10.3. The number of rotatable bonds is 7. The molecule has 0 aliphatic heterocycles. The molecular formula is C16H16BrN7O2. The number of halogens is 1. The Morgan fingerprint density at radius 2 is 2.12 bits per heavy atom. The third kappa shape index (κ3) is 4.93. The Kier molecular flexibility index (Phi) is 5.64. The molecule has 3 aromatic rings. The van der Waals surface area contributed by atoms with Crippen molar-refractivity contribution in [3.63, 3.8) is 0 Å². The molecule has 0 fully saturated rings.